The Bertz CT molecular complexity index is 706. The Morgan fingerprint density at radius 3 is 2.35 bits per heavy atom. The summed E-state index contributed by atoms with van der Waals surface area (Å²) in [6.07, 6.45) is 0. The molecule has 0 bridgehead atoms. The molecule has 0 saturated carbocycles. The van der Waals surface area contributed by atoms with Crippen LogP contribution >= 0.6 is 12.2 Å². The van der Waals surface area contributed by atoms with Crippen LogP contribution < -0.4 is 0 Å². The first-order chi connectivity index (χ1) is 9.20. The van der Waals surface area contributed by atoms with Crippen molar-refractivity contribution in [2.24, 2.45) is 0 Å². The Morgan fingerprint density at radius 1 is 1.10 bits per heavy atom. The molecule has 2 rings (SSSR count). The van der Waals surface area contributed by atoms with Crippen molar-refractivity contribution in [2.75, 3.05) is 0 Å². The molecule has 1 N–H and O–H groups in total. The second kappa shape index (κ2) is 5.13. The van der Waals surface area contributed by atoms with E-state index in [-0.39, 0.29) is 5.41 Å². The smallest absolute Gasteiger partial charge is 0.133 e. The van der Waals surface area contributed by atoms with E-state index >= 15 is 0 Å². The fraction of sp³-hybridized carbons (Fsp3) is 0.412. The predicted octanol–water partition coefficient (Wildman–Crippen LogP) is 5.03. The highest BCUT2D eigenvalue weighted by molar-refractivity contribution is 7.71. The lowest BCUT2D eigenvalue weighted by atomic mass is 9.94. The molecular formula is C17H22N2S. The van der Waals surface area contributed by atoms with Crippen molar-refractivity contribution in [1.29, 1.82) is 0 Å². The van der Waals surface area contributed by atoms with Crippen LogP contribution in [0.15, 0.2) is 18.2 Å². The molecule has 1 aromatic heterocycles. The van der Waals surface area contributed by atoms with Crippen LogP contribution in [0.25, 0.3) is 11.3 Å². The minimum Gasteiger partial charge on any atom is -0.342 e. The molecular weight excluding hydrogens is 264 g/mol. The van der Waals surface area contributed by atoms with Gasteiger partial charge in [-0.15, -0.1) is 0 Å². The van der Waals surface area contributed by atoms with E-state index in [1.807, 2.05) is 6.92 Å². The monoisotopic (exact) mass is 286 g/mol. The van der Waals surface area contributed by atoms with E-state index in [4.69, 9.17) is 12.2 Å². The molecule has 3 heteroatoms. The number of benzene rings is 1. The minimum absolute atomic E-state index is 0.0479. The van der Waals surface area contributed by atoms with Crippen molar-refractivity contribution >= 4 is 12.2 Å². The van der Waals surface area contributed by atoms with Crippen molar-refractivity contribution in [1.82, 2.24) is 9.97 Å². The van der Waals surface area contributed by atoms with E-state index in [0.717, 1.165) is 17.1 Å². The fourth-order valence-electron chi connectivity index (χ4n) is 2.16. The van der Waals surface area contributed by atoms with Crippen LogP contribution in [0.5, 0.6) is 0 Å². The number of H-pyrrole nitrogens is 1. The molecule has 0 spiro atoms. The van der Waals surface area contributed by atoms with Gasteiger partial charge >= 0.3 is 0 Å². The number of hydrogen-bond donors (Lipinski definition) is 1. The standard InChI is InChI=1S/C17H22N2S/c1-10-7-8-11(2)13(9-10)14-12(3)15(20)19-16(18-14)17(4,5)6/h7-9H,1-6H3,(H,18,19,20). The SMILES string of the molecule is Cc1ccc(C)c(-c2[nH]c(C(C)(C)C)nc(=S)c2C)c1. The average molecular weight is 286 g/mol. The van der Waals surface area contributed by atoms with Crippen LogP contribution in [-0.2, 0) is 5.41 Å². The van der Waals surface area contributed by atoms with Crippen LogP contribution in [0.2, 0.25) is 0 Å². The lowest BCUT2D eigenvalue weighted by molar-refractivity contribution is 0.544. The maximum atomic E-state index is 5.44. The van der Waals surface area contributed by atoms with Gasteiger partial charge in [-0.2, -0.15) is 0 Å². The van der Waals surface area contributed by atoms with E-state index in [2.05, 4.69) is 62.8 Å². The summed E-state index contributed by atoms with van der Waals surface area (Å²) in [4.78, 5) is 8.04. The van der Waals surface area contributed by atoms with Gasteiger partial charge in [0.1, 0.15) is 10.5 Å². The summed E-state index contributed by atoms with van der Waals surface area (Å²) >= 11 is 5.44. The third kappa shape index (κ3) is 2.83. The number of aryl methyl sites for hydroxylation is 2. The van der Waals surface area contributed by atoms with Gasteiger partial charge in [0.05, 0.1) is 5.69 Å². The van der Waals surface area contributed by atoms with Crippen molar-refractivity contribution < 1.29 is 0 Å². The first-order valence-corrected chi connectivity index (χ1v) is 7.30. The van der Waals surface area contributed by atoms with Crippen LogP contribution in [-0.4, -0.2) is 9.97 Å². The lowest BCUT2D eigenvalue weighted by Crippen LogP contribution is -2.17. The third-order valence-electron chi connectivity index (χ3n) is 3.53. The van der Waals surface area contributed by atoms with Crippen molar-refractivity contribution in [3.63, 3.8) is 0 Å². The average Bonchev–Trinajstić information content (AvgIpc) is 2.34. The summed E-state index contributed by atoms with van der Waals surface area (Å²) in [5.41, 5.74) is 5.79. The first-order valence-electron chi connectivity index (χ1n) is 6.89. The molecule has 0 amide bonds. The summed E-state index contributed by atoms with van der Waals surface area (Å²) in [6.45, 7) is 12.7. The van der Waals surface area contributed by atoms with E-state index in [0.29, 0.717) is 4.64 Å². The number of rotatable bonds is 1. The zero-order valence-corrected chi connectivity index (χ0v) is 13.9. The molecule has 2 aromatic rings. The molecule has 0 fully saturated rings. The predicted molar refractivity (Wildman–Crippen MR) is 87.8 cm³/mol. The summed E-state index contributed by atoms with van der Waals surface area (Å²) in [5.74, 6) is 0.934. The van der Waals surface area contributed by atoms with E-state index in [1.165, 1.54) is 16.7 Å². The molecule has 0 aliphatic heterocycles. The molecule has 0 aliphatic rings. The highest BCUT2D eigenvalue weighted by Gasteiger charge is 2.19. The van der Waals surface area contributed by atoms with Gasteiger partial charge in [0.15, 0.2) is 0 Å². The Hall–Kier alpha value is -1.48. The largest absolute Gasteiger partial charge is 0.342 e. The number of nitrogens with zero attached hydrogens (tertiary/aromatic N) is 1. The number of nitrogens with one attached hydrogen (secondary N) is 1. The summed E-state index contributed by atoms with van der Waals surface area (Å²) in [6, 6.07) is 6.49. The molecule has 0 aliphatic carbocycles. The first kappa shape index (κ1) is 14.9. The van der Waals surface area contributed by atoms with Crippen LogP contribution in [0.3, 0.4) is 0 Å². The third-order valence-corrected chi connectivity index (χ3v) is 3.92. The Morgan fingerprint density at radius 2 is 1.75 bits per heavy atom. The second-order valence-corrected chi connectivity index (χ2v) is 6.85. The summed E-state index contributed by atoms with van der Waals surface area (Å²) in [5, 5.41) is 0. The topological polar surface area (TPSA) is 28.7 Å². The van der Waals surface area contributed by atoms with Gasteiger partial charge in [-0.1, -0.05) is 50.7 Å². The van der Waals surface area contributed by atoms with Gasteiger partial charge in [-0.05, 0) is 32.4 Å². The Labute approximate surface area is 126 Å². The fourth-order valence-corrected chi connectivity index (χ4v) is 2.36. The zero-order chi connectivity index (χ0) is 15.1. The Balaban J connectivity index is 2.77. The van der Waals surface area contributed by atoms with Gasteiger partial charge in [0.25, 0.3) is 0 Å². The summed E-state index contributed by atoms with van der Waals surface area (Å²) in [7, 11) is 0. The molecule has 0 unspecified atom stereocenters. The van der Waals surface area contributed by atoms with E-state index < -0.39 is 0 Å². The Kier molecular flexibility index (Phi) is 3.83. The zero-order valence-electron chi connectivity index (χ0n) is 13.1. The maximum Gasteiger partial charge on any atom is 0.133 e. The number of hydrogen-bond acceptors (Lipinski definition) is 2. The molecule has 1 aromatic carbocycles. The van der Waals surface area contributed by atoms with E-state index in [9.17, 15) is 0 Å². The van der Waals surface area contributed by atoms with Crippen molar-refractivity contribution in [3.05, 3.63) is 45.4 Å². The van der Waals surface area contributed by atoms with Gasteiger partial charge in [-0.25, -0.2) is 4.98 Å². The normalized spacial score (nSPS) is 11.7. The number of aromatic amines is 1. The van der Waals surface area contributed by atoms with Gasteiger partial charge in [0, 0.05) is 16.5 Å². The van der Waals surface area contributed by atoms with E-state index in [1.54, 1.807) is 0 Å². The molecule has 0 atom stereocenters. The number of aromatic nitrogens is 2. The summed E-state index contributed by atoms with van der Waals surface area (Å²) < 4.78 is 0.685. The highest BCUT2D eigenvalue weighted by Crippen LogP contribution is 2.28. The molecule has 2 nitrogen and oxygen atoms in total. The van der Waals surface area contributed by atoms with Crippen LogP contribution in [0.4, 0.5) is 0 Å². The molecule has 1 heterocycles. The van der Waals surface area contributed by atoms with Gasteiger partial charge < -0.3 is 4.98 Å². The van der Waals surface area contributed by atoms with Crippen LogP contribution in [0.1, 0.15) is 43.3 Å². The minimum atomic E-state index is -0.0479. The molecule has 0 radical (unpaired) electrons. The van der Waals surface area contributed by atoms with Gasteiger partial charge in [-0.3, -0.25) is 0 Å². The molecule has 0 saturated heterocycles. The van der Waals surface area contributed by atoms with Gasteiger partial charge in [0.2, 0.25) is 0 Å². The highest BCUT2D eigenvalue weighted by atomic mass is 32.1. The second-order valence-electron chi connectivity index (χ2n) is 6.46. The van der Waals surface area contributed by atoms with Crippen LogP contribution in [0, 0.1) is 25.4 Å². The molecule has 106 valence electrons. The maximum absolute atomic E-state index is 5.44. The molecule has 20 heavy (non-hydrogen) atoms. The quantitative estimate of drug-likeness (QED) is 0.745. The van der Waals surface area contributed by atoms with Crippen molar-refractivity contribution in [2.45, 2.75) is 47.0 Å². The van der Waals surface area contributed by atoms with Crippen molar-refractivity contribution in [3.8, 4) is 11.3 Å². The lowest BCUT2D eigenvalue weighted by Gasteiger charge is -2.20.